The third-order valence-corrected chi connectivity index (χ3v) is 6.96. The average Bonchev–Trinajstić information content (AvgIpc) is 3.01. The quantitative estimate of drug-likeness (QED) is 0.183. The van der Waals surface area contributed by atoms with Crippen LogP contribution < -0.4 is 14.8 Å². The van der Waals surface area contributed by atoms with E-state index in [1.54, 1.807) is 38.5 Å². The van der Waals surface area contributed by atoms with Crippen LogP contribution in [0.4, 0.5) is 10.1 Å². The number of anilines is 1. The van der Waals surface area contributed by atoms with Gasteiger partial charge in [0.15, 0.2) is 6.10 Å². The molecule has 1 heterocycles. The Morgan fingerprint density at radius 3 is 1.90 bits per heavy atom. The van der Waals surface area contributed by atoms with Gasteiger partial charge in [-0.2, -0.15) is 0 Å². The number of rotatable bonds is 8. The van der Waals surface area contributed by atoms with Crippen molar-refractivity contribution in [3.05, 3.63) is 101 Å². The molecule has 212 valence electrons. The molecule has 8 nitrogen and oxygen atoms in total. The zero-order valence-electron chi connectivity index (χ0n) is 22.9. The van der Waals surface area contributed by atoms with Gasteiger partial charge in [0.2, 0.25) is 0 Å². The Kier molecular flexibility index (Phi) is 8.44. The zero-order chi connectivity index (χ0) is 29.8. The molecule has 1 amide bonds. The summed E-state index contributed by atoms with van der Waals surface area (Å²) >= 11 is 3.17. The van der Waals surface area contributed by atoms with E-state index in [4.69, 9.17) is 24.2 Å². The van der Waals surface area contributed by atoms with Crippen molar-refractivity contribution in [2.45, 2.75) is 13.0 Å². The maximum absolute atomic E-state index is 14.1. The molecule has 5 aromatic rings. The number of nitrogens with one attached hydrogen (secondary N) is 1. The topological polar surface area (TPSA) is 99.6 Å². The lowest BCUT2D eigenvalue weighted by atomic mass is 10.0. The molecule has 0 radical (unpaired) electrons. The van der Waals surface area contributed by atoms with E-state index in [2.05, 4.69) is 21.2 Å². The predicted molar refractivity (Wildman–Crippen MR) is 161 cm³/mol. The fourth-order valence-corrected chi connectivity index (χ4v) is 4.52. The number of esters is 1. The first-order valence-corrected chi connectivity index (χ1v) is 13.6. The Morgan fingerprint density at radius 1 is 0.786 bits per heavy atom. The predicted octanol–water partition coefficient (Wildman–Crippen LogP) is 7.07. The molecule has 5 rings (SSSR count). The Morgan fingerprint density at radius 2 is 1.36 bits per heavy atom. The third kappa shape index (κ3) is 6.23. The number of nitrogens with zero attached hydrogens (tertiary/aromatic N) is 2. The first-order valence-electron chi connectivity index (χ1n) is 12.8. The molecule has 0 aliphatic heterocycles. The molecular weight excluding hydrogens is 605 g/mol. The number of fused-ring (bicyclic) bond motifs is 1. The highest BCUT2D eigenvalue weighted by molar-refractivity contribution is 9.10. The average molecular weight is 630 g/mol. The number of ether oxygens (including phenoxy) is 3. The van der Waals surface area contributed by atoms with Gasteiger partial charge in [0.25, 0.3) is 5.91 Å². The minimum absolute atomic E-state index is 0.0224. The van der Waals surface area contributed by atoms with Crippen LogP contribution in [0, 0.1) is 5.82 Å². The summed E-state index contributed by atoms with van der Waals surface area (Å²) in [5.41, 5.74) is 4.07. The second kappa shape index (κ2) is 12.4. The number of carbonyl (C=O) groups excluding carboxylic acids is 2. The monoisotopic (exact) mass is 629 g/mol. The van der Waals surface area contributed by atoms with Gasteiger partial charge < -0.3 is 19.5 Å². The Hall–Kier alpha value is -4.83. The molecule has 10 heteroatoms. The van der Waals surface area contributed by atoms with E-state index in [9.17, 15) is 14.0 Å². The van der Waals surface area contributed by atoms with Gasteiger partial charge in [0, 0.05) is 15.6 Å². The zero-order valence-corrected chi connectivity index (χ0v) is 24.4. The first-order chi connectivity index (χ1) is 20.2. The van der Waals surface area contributed by atoms with E-state index in [-0.39, 0.29) is 11.3 Å². The molecule has 1 unspecified atom stereocenters. The van der Waals surface area contributed by atoms with Crippen LogP contribution in [-0.4, -0.2) is 42.2 Å². The maximum atomic E-state index is 14.1. The van der Waals surface area contributed by atoms with Crippen molar-refractivity contribution in [2.24, 2.45) is 0 Å². The van der Waals surface area contributed by atoms with Crippen LogP contribution in [0.15, 0.2) is 89.4 Å². The number of methoxy groups -OCH3 is 2. The van der Waals surface area contributed by atoms with Crippen molar-refractivity contribution < 1.29 is 28.2 Å². The van der Waals surface area contributed by atoms with Gasteiger partial charge in [-0.1, -0.05) is 15.9 Å². The van der Waals surface area contributed by atoms with Crippen molar-refractivity contribution >= 4 is 44.5 Å². The van der Waals surface area contributed by atoms with E-state index in [0.717, 1.165) is 11.1 Å². The van der Waals surface area contributed by atoms with E-state index in [1.807, 2.05) is 48.5 Å². The summed E-state index contributed by atoms with van der Waals surface area (Å²) in [6.07, 6.45) is -1.19. The fraction of sp³-hybridized carbons (Fsp3) is 0.125. The second-order valence-corrected chi connectivity index (χ2v) is 10.2. The molecule has 0 fully saturated rings. The van der Waals surface area contributed by atoms with Crippen LogP contribution in [0.1, 0.15) is 17.3 Å². The summed E-state index contributed by atoms with van der Waals surface area (Å²) in [5, 5.41) is 2.44. The molecule has 0 saturated heterocycles. The van der Waals surface area contributed by atoms with Gasteiger partial charge in [-0.05, 0) is 91.9 Å². The summed E-state index contributed by atoms with van der Waals surface area (Å²) in [5.74, 6) is -0.610. The van der Waals surface area contributed by atoms with Crippen molar-refractivity contribution in [2.75, 3.05) is 19.5 Å². The van der Waals surface area contributed by atoms with E-state index in [0.29, 0.717) is 38.4 Å². The first kappa shape index (κ1) is 28.7. The number of carbonyl (C=O) groups is 2. The van der Waals surface area contributed by atoms with Crippen LogP contribution in [0.2, 0.25) is 0 Å². The highest BCUT2D eigenvalue weighted by Crippen LogP contribution is 2.33. The van der Waals surface area contributed by atoms with Crippen LogP contribution in [0.3, 0.4) is 0 Å². The van der Waals surface area contributed by atoms with Gasteiger partial charge in [0.05, 0.1) is 47.9 Å². The molecule has 1 aromatic heterocycles. The molecule has 4 aromatic carbocycles. The molecule has 0 bridgehead atoms. The molecule has 0 spiro atoms. The fourth-order valence-electron chi connectivity index (χ4n) is 4.19. The molecule has 0 aliphatic carbocycles. The lowest BCUT2D eigenvalue weighted by Gasteiger charge is -2.15. The van der Waals surface area contributed by atoms with E-state index >= 15 is 0 Å². The summed E-state index contributed by atoms with van der Waals surface area (Å²) < 4.78 is 30.6. The van der Waals surface area contributed by atoms with E-state index < -0.39 is 23.8 Å². The molecule has 1 N–H and O–H groups in total. The normalized spacial score (nSPS) is 11.5. The minimum atomic E-state index is -1.19. The molecule has 0 aliphatic rings. The Balaban J connectivity index is 1.45. The van der Waals surface area contributed by atoms with Crippen molar-refractivity contribution in [1.29, 1.82) is 0 Å². The highest BCUT2D eigenvalue weighted by Gasteiger charge is 2.21. The second-order valence-electron chi connectivity index (χ2n) is 9.24. The summed E-state index contributed by atoms with van der Waals surface area (Å²) in [4.78, 5) is 35.3. The van der Waals surface area contributed by atoms with Gasteiger partial charge in [0.1, 0.15) is 17.3 Å². The van der Waals surface area contributed by atoms with Gasteiger partial charge in [-0.3, -0.25) is 4.79 Å². The lowest BCUT2D eigenvalue weighted by Crippen LogP contribution is -2.30. The van der Waals surface area contributed by atoms with Crippen molar-refractivity contribution in [3.8, 4) is 34.0 Å². The number of halogens is 2. The molecular formula is C32H25BrFN3O5. The SMILES string of the molecule is COc1ccc(-c2nc3ccc(C(=O)OC(C)C(=O)Nc4ccc(Br)cc4F)cc3nc2-c2ccc(OC)cc2)cc1. The summed E-state index contributed by atoms with van der Waals surface area (Å²) in [6.45, 7) is 1.41. The number of aromatic nitrogens is 2. The Labute approximate surface area is 249 Å². The highest BCUT2D eigenvalue weighted by atomic mass is 79.9. The van der Waals surface area contributed by atoms with Crippen LogP contribution in [0.5, 0.6) is 11.5 Å². The lowest BCUT2D eigenvalue weighted by molar-refractivity contribution is -0.123. The number of amides is 1. The van der Waals surface area contributed by atoms with Gasteiger partial charge >= 0.3 is 5.97 Å². The standard InChI is InChI=1S/C32H25BrFN3O5/c1-18(31(38)37-26-15-9-22(33)17-25(26)34)42-32(39)21-8-14-27-28(16-21)36-30(20-6-12-24(41-3)13-7-20)29(35-27)19-4-10-23(40-2)11-5-19/h4-18H,1-3H3,(H,37,38). The summed E-state index contributed by atoms with van der Waals surface area (Å²) in [6, 6.07) is 24.0. The Bertz CT molecular complexity index is 1780. The van der Waals surface area contributed by atoms with Gasteiger partial charge in [-0.15, -0.1) is 0 Å². The van der Waals surface area contributed by atoms with Crippen molar-refractivity contribution in [1.82, 2.24) is 9.97 Å². The van der Waals surface area contributed by atoms with Crippen LogP contribution in [0.25, 0.3) is 33.5 Å². The third-order valence-electron chi connectivity index (χ3n) is 6.47. The minimum Gasteiger partial charge on any atom is -0.497 e. The largest absolute Gasteiger partial charge is 0.497 e. The van der Waals surface area contributed by atoms with Crippen LogP contribution in [-0.2, 0) is 9.53 Å². The number of hydrogen-bond acceptors (Lipinski definition) is 7. The number of benzene rings is 4. The van der Waals surface area contributed by atoms with Crippen molar-refractivity contribution in [3.63, 3.8) is 0 Å². The molecule has 42 heavy (non-hydrogen) atoms. The maximum Gasteiger partial charge on any atom is 0.338 e. The molecule has 1 atom stereocenters. The smallest absolute Gasteiger partial charge is 0.338 e. The van der Waals surface area contributed by atoms with Gasteiger partial charge in [-0.25, -0.2) is 19.2 Å². The molecule has 0 saturated carbocycles. The number of hydrogen-bond donors (Lipinski definition) is 1. The summed E-state index contributed by atoms with van der Waals surface area (Å²) in [7, 11) is 3.20. The van der Waals surface area contributed by atoms with Crippen LogP contribution >= 0.6 is 15.9 Å². The van der Waals surface area contributed by atoms with E-state index in [1.165, 1.54) is 19.1 Å².